The van der Waals surface area contributed by atoms with Gasteiger partial charge < -0.3 is 15.0 Å². The van der Waals surface area contributed by atoms with Crippen molar-refractivity contribution in [1.29, 1.82) is 0 Å². The number of amides is 1. The second-order valence-electron chi connectivity index (χ2n) is 5.80. The maximum absolute atomic E-state index is 12.6. The number of benzene rings is 1. The monoisotopic (exact) mass is 338 g/mol. The van der Waals surface area contributed by atoms with E-state index in [1.165, 1.54) is 0 Å². The minimum atomic E-state index is -0.868. The summed E-state index contributed by atoms with van der Waals surface area (Å²) in [5.41, 5.74) is 7.28. The Balaban J connectivity index is 0.00000192. The van der Waals surface area contributed by atoms with Crippen molar-refractivity contribution in [1.82, 2.24) is 9.55 Å². The van der Waals surface area contributed by atoms with E-state index in [0.717, 1.165) is 24.0 Å². The van der Waals surface area contributed by atoms with Gasteiger partial charge in [0.2, 0.25) is 11.9 Å². The smallest absolute Gasteiger partial charge is 0.246 e. The van der Waals surface area contributed by atoms with Crippen LogP contribution < -0.4 is 11.1 Å². The predicted molar refractivity (Wildman–Crippen MR) is 92.9 cm³/mol. The summed E-state index contributed by atoms with van der Waals surface area (Å²) >= 11 is 0. The van der Waals surface area contributed by atoms with Crippen LogP contribution in [0.5, 0.6) is 0 Å². The van der Waals surface area contributed by atoms with Crippen molar-refractivity contribution in [3.8, 4) is 0 Å². The number of hydrogen-bond donors (Lipinski definition) is 2. The van der Waals surface area contributed by atoms with Crippen LogP contribution in [0.3, 0.4) is 0 Å². The number of anilines is 1. The Kier molecular flexibility index (Phi) is 5.62. The number of aromatic nitrogens is 2. The summed E-state index contributed by atoms with van der Waals surface area (Å²) in [5, 5.41) is 2.93. The van der Waals surface area contributed by atoms with Gasteiger partial charge in [0.1, 0.15) is 5.54 Å². The highest BCUT2D eigenvalue weighted by atomic mass is 35.5. The van der Waals surface area contributed by atoms with E-state index < -0.39 is 5.54 Å². The van der Waals surface area contributed by atoms with Gasteiger partial charge >= 0.3 is 0 Å². The average molecular weight is 339 g/mol. The van der Waals surface area contributed by atoms with Gasteiger partial charge in [-0.1, -0.05) is 19.1 Å². The summed E-state index contributed by atoms with van der Waals surface area (Å²) in [4.78, 5) is 17.1. The van der Waals surface area contributed by atoms with Crippen LogP contribution in [0, 0.1) is 0 Å². The number of carbonyl (C=O) groups excluding carboxylic acids is 1. The van der Waals surface area contributed by atoms with Crippen molar-refractivity contribution >= 4 is 35.3 Å². The van der Waals surface area contributed by atoms with Crippen LogP contribution >= 0.6 is 12.4 Å². The van der Waals surface area contributed by atoms with Crippen molar-refractivity contribution in [2.75, 3.05) is 18.5 Å². The molecule has 1 aromatic heterocycles. The third-order valence-electron chi connectivity index (χ3n) is 4.16. The maximum atomic E-state index is 12.6. The second kappa shape index (κ2) is 7.29. The molecule has 0 spiro atoms. The van der Waals surface area contributed by atoms with Gasteiger partial charge in [-0.15, -0.1) is 12.4 Å². The Bertz CT molecular complexity index is 680. The standard InChI is InChI=1S/C16H22N4O2.ClH/c1-2-9-20-13-6-4-3-5-12(13)18-15(20)19-14(21)16(17)7-10-22-11-8-16;/h3-6H,2,7-11,17H2,1H3,(H,18,19,21);1H. The van der Waals surface area contributed by atoms with Gasteiger partial charge in [-0.3, -0.25) is 10.1 Å². The van der Waals surface area contributed by atoms with E-state index in [-0.39, 0.29) is 18.3 Å². The van der Waals surface area contributed by atoms with E-state index in [2.05, 4.69) is 17.2 Å². The maximum Gasteiger partial charge on any atom is 0.246 e. The lowest BCUT2D eigenvalue weighted by Crippen LogP contribution is -2.54. The van der Waals surface area contributed by atoms with Crippen molar-refractivity contribution in [3.63, 3.8) is 0 Å². The lowest BCUT2D eigenvalue weighted by Gasteiger charge is -2.31. The van der Waals surface area contributed by atoms with Gasteiger partial charge in [0, 0.05) is 19.8 Å². The summed E-state index contributed by atoms with van der Waals surface area (Å²) in [7, 11) is 0. The molecule has 1 aromatic carbocycles. The number of nitrogens with one attached hydrogen (secondary N) is 1. The van der Waals surface area contributed by atoms with Crippen LogP contribution in [0.15, 0.2) is 24.3 Å². The Morgan fingerprint density at radius 1 is 1.39 bits per heavy atom. The fourth-order valence-corrected chi connectivity index (χ4v) is 2.81. The lowest BCUT2D eigenvalue weighted by molar-refractivity contribution is -0.124. The summed E-state index contributed by atoms with van der Waals surface area (Å²) in [6.45, 7) is 3.95. The Morgan fingerprint density at radius 2 is 2.09 bits per heavy atom. The summed E-state index contributed by atoms with van der Waals surface area (Å²) in [5.74, 6) is 0.396. The highest BCUT2D eigenvalue weighted by Gasteiger charge is 2.36. The molecule has 23 heavy (non-hydrogen) atoms. The molecular weight excluding hydrogens is 316 g/mol. The average Bonchev–Trinajstić information content (AvgIpc) is 2.86. The summed E-state index contributed by atoms with van der Waals surface area (Å²) in [6, 6.07) is 7.88. The minimum Gasteiger partial charge on any atom is -0.381 e. The van der Waals surface area contributed by atoms with Crippen molar-refractivity contribution in [3.05, 3.63) is 24.3 Å². The molecule has 3 N–H and O–H groups in total. The fraction of sp³-hybridized carbons (Fsp3) is 0.500. The van der Waals surface area contributed by atoms with Crippen LogP contribution in [-0.2, 0) is 16.1 Å². The van der Waals surface area contributed by atoms with Gasteiger partial charge in [0.15, 0.2) is 0 Å². The van der Waals surface area contributed by atoms with E-state index in [1.54, 1.807) is 0 Å². The molecule has 1 aliphatic rings. The number of halogens is 1. The first kappa shape index (κ1) is 17.7. The summed E-state index contributed by atoms with van der Waals surface area (Å²) < 4.78 is 7.33. The largest absolute Gasteiger partial charge is 0.381 e. The van der Waals surface area contributed by atoms with Crippen LogP contribution in [-0.4, -0.2) is 34.2 Å². The number of ether oxygens (including phenoxy) is 1. The number of carbonyl (C=O) groups is 1. The van der Waals surface area contributed by atoms with Gasteiger partial charge in [-0.25, -0.2) is 4.98 Å². The van der Waals surface area contributed by atoms with Gasteiger partial charge in [0.25, 0.3) is 0 Å². The van der Waals surface area contributed by atoms with Crippen molar-refractivity contribution < 1.29 is 9.53 Å². The molecule has 0 saturated carbocycles. The first-order chi connectivity index (χ1) is 10.6. The molecule has 126 valence electrons. The highest BCUT2D eigenvalue weighted by molar-refractivity contribution is 5.98. The molecule has 0 atom stereocenters. The molecular formula is C16H23ClN4O2. The Labute approximate surface area is 141 Å². The van der Waals surface area contributed by atoms with E-state index in [0.29, 0.717) is 32.0 Å². The predicted octanol–water partition coefficient (Wildman–Crippen LogP) is 2.31. The Morgan fingerprint density at radius 3 is 2.78 bits per heavy atom. The quantitative estimate of drug-likeness (QED) is 0.896. The topological polar surface area (TPSA) is 82.2 Å². The molecule has 1 saturated heterocycles. The zero-order valence-corrected chi connectivity index (χ0v) is 14.1. The number of fused-ring (bicyclic) bond motifs is 1. The second-order valence-corrected chi connectivity index (χ2v) is 5.80. The number of nitrogens with zero attached hydrogens (tertiary/aromatic N) is 2. The molecule has 0 bridgehead atoms. The molecule has 1 aliphatic heterocycles. The number of para-hydroxylation sites is 2. The normalized spacial score (nSPS) is 16.8. The highest BCUT2D eigenvalue weighted by Crippen LogP contribution is 2.23. The van der Waals surface area contributed by atoms with E-state index in [1.807, 2.05) is 28.8 Å². The van der Waals surface area contributed by atoms with Gasteiger partial charge in [0.05, 0.1) is 11.0 Å². The molecule has 1 amide bonds. The summed E-state index contributed by atoms with van der Waals surface area (Å²) in [6.07, 6.45) is 2.03. The zero-order chi connectivity index (χ0) is 15.6. The van der Waals surface area contributed by atoms with E-state index in [9.17, 15) is 4.79 Å². The fourth-order valence-electron chi connectivity index (χ4n) is 2.81. The third kappa shape index (κ3) is 3.49. The number of hydrogen-bond acceptors (Lipinski definition) is 4. The molecule has 0 radical (unpaired) electrons. The molecule has 2 heterocycles. The van der Waals surface area contributed by atoms with Gasteiger partial charge in [-0.05, 0) is 31.4 Å². The van der Waals surface area contributed by atoms with Crippen molar-refractivity contribution in [2.45, 2.75) is 38.3 Å². The number of imidazole rings is 1. The third-order valence-corrected chi connectivity index (χ3v) is 4.16. The molecule has 3 rings (SSSR count). The lowest BCUT2D eigenvalue weighted by atomic mass is 9.90. The number of aryl methyl sites for hydroxylation is 1. The number of rotatable bonds is 4. The Hall–Kier alpha value is -1.63. The molecule has 6 nitrogen and oxygen atoms in total. The van der Waals surface area contributed by atoms with Gasteiger partial charge in [-0.2, -0.15) is 0 Å². The zero-order valence-electron chi connectivity index (χ0n) is 13.2. The van der Waals surface area contributed by atoms with Crippen LogP contribution in [0.4, 0.5) is 5.95 Å². The van der Waals surface area contributed by atoms with Crippen LogP contribution in [0.1, 0.15) is 26.2 Å². The molecule has 0 aliphatic carbocycles. The van der Waals surface area contributed by atoms with Crippen LogP contribution in [0.2, 0.25) is 0 Å². The minimum absolute atomic E-state index is 0. The van der Waals surface area contributed by atoms with Crippen LogP contribution in [0.25, 0.3) is 11.0 Å². The van der Waals surface area contributed by atoms with E-state index in [4.69, 9.17) is 10.5 Å². The number of nitrogens with two attached hydrogens (primary N) is 1. The van der Waals surface area contributed by atoms with Crippen molar-refractivity contribution in [2.24, 2.45) is 5.73 Å². The SMILES string of the molecule is CCCn1c(NC(=O)C2(N)CCOCC2)nc2ccccc21.Cl. The molecule has 0 unspecified atom stereocenters. The molecule has 1 fully saturated rings. The first-order valence-corrected chi connectivity index (χ1v) is 7.77. The van der Waals surface area contributed by atoms with E-state index >= 15 is 0 Å². The molecule has 2 aromatic rings. The first-order valence-electron chi connectivity index (χ1n) is 7.77. The molecule has 7 heteroatoms.